The molecule has 1 aromatic rings. The average Bonchev–Trinajstić information content (AvgIpc) is 2.80. The van der Waals surface area contributed by atoms with Gasteiger partial charge >= 0.3 is 5.97 Å². The van der Waals surface area contributed by atoms with Crippen LogP contribution in [0.2, 0.25) is 0 Å². The van der Waals surface area contributed by atoms with Crippen molar-refractivity contribution in [1.82, 2.24) is 4.90 Å². The standard InChI is InChI=1S/C13H16BrNO2/c1-17-13(16)11-6-7-15(9-11)8-10-2-4-12(14)5-3-10/h2-5,11H,6-9H2,1H3/t11-/m1/s1. The summed E-state index contributed by atoms with van der Waals surface area (Å²) in [5.41, 5.74) is 1.28. The van der Waals surface area contributed by atoms with Gasteiger partial charge in [-0.05, 0) is 30.7 Å². The Kier molecular flexibility index (Phi) is 4.18. The van der Waals surface area contributed by atoms with Gasteiger partial charge in [-0.15, -0.1) is 0 Å². The fourth-order valence-electron chi connectivity index (χ4n) is 2.18. The minimum absolute atomic E-state index is 0.0513. The van der Waals surface area contributed by atoms with Gasteiger partial charge < -0.3 is 4.74 Å². The van der Waals surface area contributed by atoms with Gasteiger partial charge in [0, 0.05) is 17.6 Å². The maximum atomic E-state index is 11.4. The van der Waals surface area contributed by atoms with Crippen LogP contribution in [0, 0.1) is 5.92 Å². The molecule has 0 amide bonds. The fourth-order valence-corrected chi connectivity index (χ4v) is 2.45. The van der Waals surface area contributed by atoms with Crippen molar-refractivity contribution in [2.45, 2.75) is 13.0 Å². The molecule has 1 aliphatic heterocycles. The molecule has 0 N–H and O–H groups in total. The summed E-state index contributed by atoms with van der Waals surface area (Å²) in [6, 6.07) is 8.30. The normalized spacial score (nSPS) is 20.5. The number of likely N-dealkylation sites (tertiary alicyclic amines) is 1. The SMILES string of the molecule is COC(=O)[C@@H]1CCN(Cc2ccc(Br)cc2)C1. The van der Waals surface area contributed by atoms with Crippen LogP contribution < -0.4 is 0 Å². The molecule has 1 aromatic carbocycles. The van der Waals surface area contributed by atoms with E-state index in [1.165, 1.54) is 12.7 Å². The zero-order valence-electron chi connectivity index (χ0n) is 9.86. The number of methoxy groups -OCH3 is 1. The molecule has 1 heterocycles. The summed E-state index contributed by atoms with van der Waals surface area (Å²) >= 11 is 3.42. The Morgan fingerprint density at radius 2 is 2.18 bits per heavy atom. The third-order valence-corrected chi connectivity index (χ3v) is 3.65. The summed E-state index contributed by atoms with van der Waals surface area (Å²) in [5.74, 6) is -0.0289. The second-order valence-electron chi connectivity index (χ2n) is 4.37. The van der Waals surface area contributed by atoms with Gasteiger partial charge in [-0.3, -0.25) is 9.69 Å². The number of hydrogen-bond donors (Lipinski definition) is 0. The Bertz CT molecular complexity index is 391. The van der Waals surface area contributed by atoms with Crippen molar-refractivity contribution in [3.05, 3.63) is 34.3 Å². The highest BCUT2D eigenvalue weighted by Gasteiger charge is 2.28. The summed E-state index contributed by atoms with van der Waals surface area (Å²) in [6.45, 7) is 2.68. The first kappa shape index (κ1) is 12.6. The number of rotatable bonds is 3. The highest BCUT2D eigenvalue weighted by molar-refractivity contribution is 9.10. The molecular formula is C13H16BrNO2. The van der Waals surface area contributed by atoms with Crippen LogP contribution in [0.15, 0.2) is 28.7 Å². The third kappa shape index (κ3) is 3.30. The van der Waals surface area contributed by atoms with Gasteiger partial charge in [-0.2, -0.15) is 0 Å². The second kappa shape index (κ2) is 5.65. The molecule has 0 spiro atoms. The molecule has 4 heteroatoms. The van der Waals surface area contributed by atoms with Crippen molar-refractivity contribution in [1.29, 1.82) is 0 Å². The van der Waals surface area contributed by atoms with Gasteiger partial charge in [-0.25, -0.2) is 0 Å². The number of halogens is 1. The van der Waals surface area contributed by atoms with Gasteiger partial charge in [0.05, 0.1) is 13.0 Å². The van der Waals surface area contributed by atoms with E-state index < -0.39 is 0 Å². The van der Waals surface area contributed by atoms with Crippen LogP contribution in [0.5, 0.6) is 0 Å². The Morgan fingerprint density at radius 1 is 1.47 bits per heavy atom. The summed E-state index contributed by atoms with van der Waals surface area (Å²) in [4.78, 5) is 13.7. The van der Waals surface area contributed by atoms with Crippen molar-refractivity contribution in [2.24, 2.45) is 5.92 Å². The van der Waals surface area contributed by atoms with E-state index in [-0.39, 0.29) is 11.9 Å². The van der Waals surface area contributed by atoms with E-state index in [0.717, 1.165) is 30.5 Å². The highest BCUT2D eigenvalue weighted by Crippen LogP contribution is 2.20. The highest BCUT2D eigenvalue weighted by atomic mass is 79.9. The second-order valence-corrected chi connectivity index (χ2v) is 5.29. The van der Waals surface area contributed by atoms with Crippen LogP contribution in [-0.4, -0.2) is 31.1 Å². The topological polar surface area (TPSA) is 29.5 Å². The van der Waals surface area contributed by atoms with Gasteiger partial charge in [0.1, 0.15) is 0 Å². The zero-order chi connectivity index (χ0) is 12.3. The van der Waals surface area contributed by atoms with E-state index in [1.54, 1.807) is 0 Å². The van der Waals surface area contributed by atoms with E-state index in [1.807, 2.05) is 12.1 Å². The summed E-state index contributed by atoms with van der Waals surface area (Å²) in [7, 11) is 1.46. The van der Waals surface area contributed by atoms with Crippen molar-refractivity contribution >= 4 is 21.9 Å². The molecule has 0 radical (unpaired) electrons. The minimum atomic E-state index is -0.0803. The molecule has 17 heavy (non-hydrogen) atoms. The van der Waals surface area contributed by atoms with Crippen LogP contribution in [-0.2, 0) is 16.1 Å². The number of carbonyl (C=O) groups excluding carboxylic acids is 1. The molecule has 3 nitrogen and oxygen atoms in total. The molecule has 0 bridgehead atoms. The van der Waals surface area contributed by atoms with E-state index in [9.17, 15) is 4.79 Å². The van der Waals surface area contributed by atoms with Crippen molar-refractivity contribution in [2.75, 3.05) is 20.2 Å². The lowest BCUT2D eigenvalue weighted by atomic mass is 10.1. The summed E-state index contributed by atoms with van der Waals surface area (Å²) < 4.78 is 5.87. The van der Waals surface area contributed by atoms with Gasteiger partial charge in [-0.1, -0.05) is 28.1 Å². The largest absolute Gasteiger partial charge is 0.469 e. The van der Waals surface area contributed by atoms with Crippen LogP contribution in [0.1, 0.15) is 12.0 Å². The van der Waals surface area contributed by atoms with E-state index in [4.69, 9.17) is 4.74 Å². The Hall–Kier alpha value is -0.870. The van der Waals surface area contributed by atoms with E-state index in [0.29, 0.717) is 0 Å². The van der Waals surface area contributed by atoms with Gasteiger partial charge in [0.15, 0.2) is 0 Å². The van der Waals surface area contributed by atoms with Crippen LogP contribution in [0.3, 0.4) is 0 Å². The van der Waals surface area contributed by atoms with Crippen LogP contribution in [0.25, 0.3) is 0 Å². The maximum Gasteiger partial charge on any atom is 0.310 e. The van der Waals surface area contributed by atoms with Gasteiger partial charge in [0.25, 0.3) is 0 Å². The number of esters is 1. The Morgan fingerprint density at radius 3 is 2.82 bits per heavy atom. The number of ether oxygens (including phenoxy) is 1. The van der Waals surface area contributed by atoms with Gasteiger partial charge in [0.2, 0.25) is 0 Å². The number of carbonyl (C=O) groups is 1. The quantitative estimate of drug-likeness (QED) is 0.803. The number of hydrogen-bond acceptors (Lipinski definition) is 3. The molecule has 0 aliphatic carbocycles. The first-order valence-corrected chi connectivity index (χ1v) is 6.53. The maximum absolute atomic E-state index is 11.4. The monoisotopic (exact) mass is 297 g/mol. The van der Waals surface area contributed by atoms with Crippen molar-refractivity contribution in [3.8, 4) is 0 Å². The fraction of sp³-hybridized carbons (Fsp3) is 0.462. The van der Waals surface area contributed by atoms with Crippen molar-refractivity contribution in [3.63, 3.8) is 0 Å². The predicted octanol–water partition coefficient (Wildman–Crippen LogP) is 2.44. The first-order valence-electron chi connectivity index (χ1n) is 5.73. The lowest BCUT2D eigenvalue weighted by molar-refractivity contribution is -0.144. The van der Waals surface area contributed by atoms with Crippen LogP contribution >= 0.6 is 15.9 Å². The molecule has 2 rings (SSSR count). The smallest absolute Gasteiger partial charge is 0.310 e. The molecule has 0 aromatic heterocycles. The Balaban J connectivity index is 1.89. The zero-order valence-corrected chi connectivity index (χ0v) is 11.4. The van der Waals surface area contributed by atoms with Crippen LogP contribution in [0.4, 0.5) is 0 Å². The molecule has 1 atom stereocenters. The molecule has 1 saturated heterocycles. The van der Waals surface area contributed by atoms with E-state index in [2.05, 4.69) is 33.0 Å². The molecule has 0 saturated carbocycles. The number of benzene rings is 1. The molecule has 92 valence electrons. The van der Waals surface area contributed by atoms with Crippen molar-refractivity contribution < 1.29 is 9.53 Å². The average molecular weight is 298 g/mol. The lowest BCUT2D eigenvalue weighted by Gasteiger charge is -2.15. The summed E-state index contributed by atoms with van der Waals surface area (Å²) in [6.07, 6.45) is 0.906. The number of nitrogens with zero attached hydrogens (tertiary/aromatic N) is 1. The first-order chi connectivity index (χ1) is 8.19. The Labute approximate surface area is 110 Å². The summed E-state index contributed by atoms with van der Waals surface area (Å²) in [5, 5.41) is 0. The molecule has 0 unspecified atom stereocenters. The molecule has 1 fully saturated rings. The minimum Gasteiger partial charge on any atom is -0.469 e. The predicted molar refractivity (Wildman–Crippen MR) is 69.5 cm³/mol. The lowest BCUT2D eigenvalue weighted by Crippen LogP contribution is -2.23. The third-order valence-electron chi connectivity index (χ3n) is 3.13. The molecular weight excluding hydrogens is 282 g/mol. The molecule has 1 aliphatic rings. The van der Waals surface area contributed by atoms with E-state index >= 15 is 0 Å².